The van der Waals surface area contributed by atoms with Crippen molar-refractivity contribution in [2.45, 2.75) is 25.8 Å². The maximum Gasteiger partial charge on any atom is 0.146 e. The van der Waals surface area contributed by atoms with Crippen LogP contribution in [0.25, 0.3) is 0 Å². The van der Waals surface area contributed by atoms with Gasteiger partial charge in [0.15, 0.2) is 0 Å². The molecule has 0 atom stereocenters. The van der Waals surface area contributed by atoms with Crippen LogP contribution < -0.4 is 10.6 Å². The number of anilines is 1. The number of halogens is 2. The van der Waals surface area contributed by atoms with Crippen LogP contribution in [0.4, 0.5) is 14.5 Å². The van der Waals surface area contributed by atoms with Crippen LogP contribution in [0.5, 0.6) is 0 Å². The number of benzene rings is 1. The predicted octanol–water partition coefficient (Wildman–Crippen LogP) is 2.53. The summed E-state index contributed by atoms with van der Waals surface area (Å²) >= 11 is 0. The Balaban J connectivity index is 3.03. The molecule has 2 N–H and O–H groups in total. The summed E-state index contributed by atoms with van der Waals surface area (Å²) < 4.78 is 26.6. The van der Waals surface area contributed by atoms with E-state index in [0.29, 0.717) is 13.0 Å². The number of nitrogens with zero attached hydrogens (tertiary/aromatic N) is 1. The van der Waals surface area contributed by atoms with Crippen molar-refractivity contribution in [2.75, 3.05) is 18.5 Å². The van der Waals surface area contributed by atoms with Gasteiger partial charge in [0.1, 0.15) is 11.6 Å². The minimum absolute atomic E-state index is 0.262. The normalized spacial score (nSPS) is 11.6. The Morgan fingerprint density at radius 1 is 1.31 bits per heavy atom. The first-order chi connectivity index (χ1) is 7.38. The molecular formula is C12H18F2N2. The van der Waals surface area contributed by atoms with Crippen LogP contribution in [0.3, 0.4) is 0 Å². The fraction of sp³-hybridized carbons (Fsp3) is 0.500. The highest BCUT2D eigenvalue weighted by Gasteiger charge is 2.25. The molecule has 0 aliphatic carbocycles. The number of nitrogens with two attached hydrogens (primary N) is 1. The van der Waals surface area contributed by atoms with E-state index in [1.165, 1.54) is 6.07 Å². The van der Waals surface area contributed by atoms with Crippen LogP contribution >= 0.6 is 0 Å². The molecule has 90 valence electrons. The third kappa shape index (κ3) is 2.70. The minimum atomic E-state index is -0.438. The second-order valence-corrected chi connectivity index (χ2v) is 4.51. The maximum atomic E-state index is 13.6. The summed E-state index contributed by atoms with van der Waals surface area (Å²) in [4.78, 5) is 1.72. The zero-order valence-corrected chi connectivity index (χ0v) is 9.93. The van der Waals surface area contributed by atoms with Gasteiger partial charge >= 0.3 is 0 Å². The number of hydrogen-bond acceptors (Lipinski definition) is 2. The summed E-state index contributed by atoms with van der Waals surface area (Å²) in [7, 11) is 1.74. The van der Waals surface area contributed by atoms with Crippen LogP contribution in [0.1, 0.15) is 20.3 Å². The lowest BCUT2D eigenvalue weighted by Gasteiger charge is -2.37. The minimum Gasteiger partial charge on any atom is -0.367 e. The summed E-state index contributed by atoms with van der Waals surface area (Å²) in [6.45, 7) is 4.41. The number of hydrogen-bond donors (Lipinski definition) is 1. The topological polar surface area (TPSA) is 29.3 Å². The summed E-state index contributed by atoms with van der Waals surface area (Å²) in [5.74, 6) is -0.860. The maximum absolute atomic E-state index is 13.6. The first-order valence-corrected chi connectivity index (χ1v) is 5.27. The first kappa shape index (κ1) is 12.9. The third-order valence-corrected chi connectivity index (χ3v) is 2.93. The standard InChI is InChI=1S/C12H18F2N2/c1-12(2,6-7-15)16(3)11-8-9(13)4-5-10(11)14/h4-5,8H,6-7,15H2,1-3H3. The van der Waals surface area contributed by atoms with Crippen molar-refractivity contribution in [3.05, 3.63) is 29.8 Å². The molecule has 0 amide bonds. The Labute approximate surface area is 95.1 Å². The van der Waals surface area contributed by atoms with Crippen LogP contribution in [-0.4, -0.2) is 19.1 Å². The lowest BCUT2D eigenvalue weighted by Crippen LogP contribution is -2.43. The molecule has 4 heteroatoms. The van der Waals surface area contributed by atoms with E-state index in [2.05, 4.69) is 0 Å². The van der Waals surface area contributed by atoms with Crippen LogP contribution in [0, 0.1) is 11.6 Å². The van der Waals surface area contributed by atoms with E-state index in [-0.39, 0.29) is 11.2 Å². The molecule has 1 rings (SSSR count). The molecular weight excluding hydrogens is 210 g/mol. The number of rotatable bonds is 4. The van der Waals surface area contributed by atoms with Crippen molar-refractivity contribution in [2.24, 2.45) is 5.73 Å². The summed E-state index contributed by atoms with van der Waals surface area (Å²) in [6, 6.07) is 3.45. The molecule has 0 unspecified atom stereocenters. The smallest absolute Gasteiger partial charge is 0.146 e. The van der Waals surface area contributed by atoms with E-state index in [4.69, 9.17) is 5.73 Å². The molecule has 0 radical (unpaired) electrons. The highest BCUT2D eigenvalue weighted by molar-refractivity contribution is 5.49. The van der Waals surface area contributed by atoms with E-state index >= 15 is 0 Å². The summed E-state index contributed by atoms with van der Waals surface area (Å²) in [5, 5.41) is 0. The van der Waals surface area contributed by atoms with Crippen molar-refractivity contribution in [1.29, 1.82) is 0 Å². The Morgan fingerprint density at radius 3 is 2.50 bits per heavy atom. The van der Waals surface area contributed by atoms with Crippen LogP contribution in [0.15, 0.2) is 18.2 Å². The zero-order valence-electron chi connectivity index (χ0n) is 9.93. The van der Waals surface area contributed by atoms with Gasteiger partial charge in [-0.3, -0.25) is 0 Å². The lowest BCUT2D eigenvalue weighted by atomic mass is 9.98. The fourth-order valence-electron chi connectivity index (χ4n) is 1.59. The molecule has 0 aliphatic rings. The van der Waals surface area contributed by atoms with Gasteiger partial charge in [-0.25, -0.2) is 8.78 Å². The van der Waals surface area contributed by atoms with Crippen LogP contribution in [-0.2, 0) is 0 Å². The van der Waals surface area contributed by atoms with Crippen molar-refractivity contribution < 1.29 is 8.78 Å². The SMILES string of the molecule is CN(c1cc(F)ccc1F)C(C)(C)CCN. The molecule has 0 aromatic heterocycles. The highest BCUT2D eigenvalue weighted by Crippen LogP contribution is 2.27. The van der Waals surface area contributed by atoms with Gasteiger partial charge < -0.3 is 10.6 Å². The van der Waals surface area contributed by atoms with Crippen molar-refractivity contribution in [1.82, 2.24) is 0 Å². The molecule has 16 heavy (non-hydrogen) atoms. The molecule has 2 nitrogen and oxygen atoms in total. The molecule has 0 spiro atoms. The van der Waals surface area contributed by atoms with Crippen LogP contribution in [0.2, 0.25) is 0 Å². The lowest BCUT2D eigenvalue weighted by molar-refractivity contribution is 0.448. The Morgan fingerprint density at radius 2 is 1.94 bits per heavy atom. The van der Waals surface area contributed by atoms with E-state index in [1.807, 2.05) is 13.8 Å². The molecule has 0 saturated carbocycles. The van der Waals surface area contributed by atoms with Gasteiger partial charge in [-0.2, -0.15) is 0 Å². The Bertz CT molecular complexity index is 364. The average molecular weight is 228 g/mol. The fourth-order valence-corrected chi connectivity index (χ4v) is 1.59. The highest BCUT2D eigenvalue weighted by atomic mass is 19.1. The third-order valence-electron chi connectivity index (χ3n) is 2.93. The Kier molecular flexibility index (Phi) is 3.86. The van der Waals surface area contributed by atoms with E-state index < -0.39 is 11.6 Å². The second-order valence-electron chi connectivity index (χ2n) is 4.51. The summed E-state index contributed by atoms with van der Waals surface area (Å²) in [6.07, 6.45) is 0.708. The summed E-state index contributed by atoms with van der Waals surface area (Å²) in [5.41, 5.74) is 5.46. The second kappa shape index (κ2) is 4.78. The van der Waals surface area contributed by atoms with E-state index in [0.717, 1.165) is 12.1 Å². The molecule has 0 saturated heterocycles. The molecule has 0 heterocycles. The molecule has 0 fully saturated rings. The van der Waals surface area contributed by atoms with Gasteiger partial charge in [-0.15, -0.1) is 0 Å². The van der Waals surface area contributed by atoms with Gasteiger partial charge in [-0.05, 0) is 38.9 Å². The van der Waals surface area contributed by atoms with Gasteiger partial charge in [0, 0.05) is 18.7 Å². The van der Waals surface area contributed by atoms with Crippen molar-refractivity contribution >= 4 is 5.69 Å². The van der Waals surface area contributed by atoms with Crippen molar-refractivity contribution in [3.63, 3.8) is 0 Å². The van der Waals surface area contributed by atoms with Gasteiger partial charge in [0.05, 0.1) is 5.69 Å². The van der Waals surface area contributed by atoms with E-state index in [9.17, 15) is 8.78 Å². The first-order valence-electron chi connectivity index (χ1n) is 5.27. The van der Waals surface area contributed by atoms with Gasteiger partial charge in [0.2, 0.25) is 0 Å². The predicted molar refractivity (Wildman–Crippen MR) is 62.5 cm³/mol. The average Bonchev–Trinajstić information content (AvgIpc) is 2.20. The molecule has 0 bridgehead atoms. The molecule has 1 aromatic carbocycles. The Hall–Kier alpha value is -1.16. The monoisotopic (exact) mass is 228 g/mol. The quantitative estimate of drug-likeness (QED) is 0.858. The zero-order chi connectivity index (χ0) is 12.3. The van der Waals surface area contributed by atoms with Gasteiger partial charge in [-0.1, -0.05) is 0 Å². The molecule has 1 aromatic rings. The van der Waals surface area contributed by atoms with Gasteiger partial charge in [0.25, 0.3) is 0 Å². The molecule has 0 aliphatic heterocycles. The largest absolute Gasteiger partial charge is 0.367 e. The van der Waals surface area contributed by atoms with E-state index in [1.54, 1.807) is 11.9 Å². The van der Waals surface area contributed by atoms with Crippen molar-refractivity contribution in [3.8, 4) is 0 Å².